The van der Waals surface area contributed by atoms with Crippen LogP contribution in [0.4, 0.5) is 0 Å². The number of aromatic nitrogens is 3. The van der Waals surface area contributed by atoms with Crippen LogP contribution in [0.15, 0.2) is 91.0 Å². The molecule has 2 aromatic heterocycles. The number of carbonyl (C=O) groups excluding carboxylic acids is 1. The Bertz CT molecular complexity index is 1410. The molecule has 0 unspecified atom stereocenters. The third kappa shape index (κ3) is 3.56. The molecule has 0 saturated heterocycles. The van der Waals surface area contributed by atoms with Gasteiger partial charge >= 0.3 is 0 Å². The van der Waals surface area contributed by atoms with Gasteiger partial charge in [-0.3, -0.25) is 4.79 Å². The van der Waals surface area contributed by atoms with E-state index in [0.717, 1.165) is 33.7 Å². The van der Waals surface area contributed by atoms with E-state index >= 15 is 0 Å². The number of aromatic amines is 1. The molecule has 0 aliphatic rings. The van der Waals surface area contributed by atoms with Crippen molar-refractivity contribution in [3.8, 4) is 5.69 Å². The maximum absolute atomic E-state index is 13.6. The molecular weight excluding hydrogens is 394 g/mol. The number of hydrogen-bond donors (Lipinski definition) is 1. The number of benzene rings is 3. The number of aryl methyl sites for hydroxylation is 1. The van der Waals surface area contributed by atoms with Gasteiger partial charge in [-0.25, -0.2) is 4.98 Å². The zero-order chi connectivity index (χ0) is 22.1. The van der Waals surface area contributed by atoms with Gasteiger partial charge in [0.15, 0.2) is 5.78 Å². The summed E-state index contributed by atoms with van der Waals surface area (Å²) in [7, 11) is 0. The van der Waals surface area contributed by atoms with Crippen LogP contribution in [-0.4, -0.2) is 20.3 Å². The van der Waals surface area contributed by atoms with Gasteiger partial charge in [0.2, 0.25) is 0 Å². The van der Waals surface area contributed by atoms with E-state index in [2.05, 4.69) is 41.6 Å². The first-order valence-corrected chi connectivity index (χ1v) is 10.6. The number of imidazole rings is 1. The summed E-state index contributed by atoms with van der Waals surface area (Å²) in [6, 6.07) is 29.5. The standard InChI is InChI=1S/C28H23N3O/c1-19-17-22(20(2)31(19)23-13-7-4-8-14-23)18-24(27(32)21-11-5-3-6-12-21)28-29-25-15-9-10-16-26(25)30-28/h3-18H,1-2H3,(H,29,30)/b24-18-. The Morgan fingerprint density at radius 3 is 2.25 bits per heavy atom. The van der Waals surface area contributed by atoms with Crippen LogP contribution in [0, 0.1) is 13.8 Å². The molecular formula is C28H23N3O. The second kappa shape index (κ2) is 8.16. The fourth-order valence-corrected chi connectivity index (χ4v) is 4.13. The van der Waals surface area contributed by atoms with Crippen molar-refractivity contribution in [1.29, 1.82) is 0 Å². The van der Waals surface area contributed by atoms with Crippen molar-refractivity contribution in [3.05, 3.63) is 119 Å². The van der Waals surface area contributed by atoms with Crippen molar-refractivity contribution in [2.45, 2.75) is 13.8 Å². The molecule has 156 valence electrons. The predicted octanol–water partition coefficient (Wildman–Crippen LogP) is 6.39. The number of ketones is 1. The molecule has 3 aromatic carbocycles. The topological polar surface area (TPSA) is 50.7 Å². The zero-order valence-corrected chi connectivity index (χ0v) is 18.0. The van der Waals surface area contributed by atoms with Gasteiger partial charge in [0.1, 0.15) is 5.82 Å². The van der Waals surface area contributed by atoms with Crippen LogP contribution >= 0.6 is 0 Å². The van der Waals surface area contributed by atoms with Crippen LogP contribution in [0.5, 0.6) is 0 Å². The molecule has 0 radical (unpaired) electrons. The molecule has 0 aliphatic carbocycles. The van der Waals surface area contributed by atoms with Gasteiger partial charge in [-0.2, -0.15) is 0 Å². The normalized spacial score (nSPS) is 11.8. The summed E-state index contributed by atoms with van der Waals surface area (Å²) in [6.45, 7) is 4.16. The maximum atomic E-state index is 13.6. The molecule has 0 aliphatic heterocycles. The number of nitrogens with zero attached hydrogens (tertiary/aromatic N) is 2. The number of fused-ring (bicyclic) bond motifs is 1. The number of allylic oxidation sites excluding steroid dienone is 1. The highest BCUT2D eigenvalue weighted by atomic mass is 16.1. The van der Waals surface area contributed by atoms with Crippen molar-refractivity contribution < 1.29 is 4.79 Å². The smallest absolute Gasteiger partial charge is 0.196 e. The van der Waals surface area contributed by atoms with Crippen LogP contribution < -0.4 is 0 Å². The van der Waals surface area contributed by atoms with Crippen LogP contribution in [0.3, 0.4) is 0 Å². The molecule has 32 heavy (non-hydrogen) atoms. The monoisotopic (exact) mass is 417 g/mol. The van der Waals surface area contributed by atoms with E-state index in [4.69, 9.17) is 4.98 Å². The predicted molar refractivity (Wildman–Crippen MR) is 130 cm³/mol. The van der Waals surface area contributed by atoms with Crippen LogP contribution in [0.1, 0.15) is 33.1 Å². The highest BCUT2D eigenvalue weighted by Crippen LogP contribution is 2.27. The molecule has 0 bridgehead atoms. The largest absolute Gasteiger partial charge is 0.338 e. The van der Waals surface area contributed by atoms with Gasteiger partial charge in [0.25, 0.3) is 0 Å². The summed E-state index contributed by atoms with van der Waals surface area (Å²) < 4.78 is 2.20. The Balaban J connectivity index is 1.68. The fourth-order valence-electron chi connectivity index (χ4n) is 4.13. The first-order chi connectivity index (χ1) is 15.6. The molecule has 0 amide bonds. The summed E-state index contributed by atoms with van der Waals surface area (Å²) in [4.78, 5) is 21.6. The molecule has 4 heteroatoms. The summed E-state index contributed by atoms with van der Waals surface area (Å²) in [5.41, 5.74) is 7.19. The Morgan fingerprint density at radius 2 is 1.53 bits per heavy atom. The second-order valence-corrected chi connectivity index (χ2v) is 7.85. The van der Waals surface area contributed by atoms with Gasteiger partial charge in [-0.05, 0) is 55.8 Å². The van der Waals surface area contributed by atoms with E-state index in [1.165, 1.54) is 0 Å². The summed E-state index contributed by atoms with van der Waals surface area (Å²) in [5, 5.41) is 0. The van der Waals surface area contributed by atoms with E-state index in [1.807, 2.05) is 78.9 Å². The van der Waals surface area contributed by atoms with E-state index in [9.17, 15) is 4.79 Å². The lowest BCUT2D eigenvalue weighted by atomic mass is 10.0. The minimum atomic E-state index is -0.0610. The lowest BCUT2D eigenvalue weighted by Gasteiger charge is -2.09. The van der Waals surface area contributed by atoms with E-state index < -0.39 is 0 Å². The number of carbonyl (C=O) groups is 1. The minimum absolute atomic E-state index is 0.0610. The number of H-pyrrole nitrogens is 1. The second-order valence-electron chi connectivity index (χ2n) is 7.85. The van der Waals surface area contributed by atoms with Crippen LogP contribution in [-0.2, 0) is 0 Å². The van der Waals surface area contributed by atoms with Crippen molar-refractivity contribution >= 4 is 28.5 Å². The Morgan fingerprint density at radius 1 is 0.875 bits per heavy atom. The third-order valence-electron chi connectivity index (χ3n) is 5.71. The number of nitrogens with one attached hydrogen (secondary N) is 1. The average molecular weight is 418 g/mol. The molecule has 0 saturated carbocycles. The molecule has 5 aromatic rings. The first kappa shape index (κ1) is 19.8. The lowest BCUT2D eigenvalue weighted by Crippen LogP contribution is -2.04. The van der Waals surface area contributed by atoms with Crippen LogP contribution in [0.25, 0.3) is 28.4 Å². The van der Waals surface area contributed by atoms with Gasteiger partial charge < -0.3 is 9.55 Å². The van der Waals surface area contributed by atoms with Crippen molar-refractivity contribution in [2.24, 2.45) is 0 Å². The molecule has 0 spiro atoms. The maximum Gasteiger partial charge on any atom is 0.196 e. The fraction of sp³-hybridized carbons (Fsp3) is 0.0714. The summed E-state index contributed by atoms with van der Waals surface area (Å²) in [6.07, 6.45) is 1.95. The molecule has 4 nitrogen and oxygen atoms in total. The number of hydrogen-bond acceptors (Lipinski definition) is 2. The Hall–Kier alpha value is -4.18. The van der Waals surface area contributed by atoms with Gasteiger partial charge in [0, 0.05) is 22.6 Å². The van der Waals surface area contributed by atoms with Crippen molar-refractivity contribution in [3.63, 3.8) is 0 Å². The van der Waals surface area contributed by atoms with Gasteiger partial charge in [-0.1, -0.05) is 60.7 Å². The Labute approximate surface area is 186 Å². The zero-order valence-electron chi connectivity index (χ0n) is 18.0. The quantitative estimate of drug-likeness (QED) is 0.266. The SMILES string of the molecule is Cc1cc(/C=C(/C(=O)c2ccccc2)c2nc3ccccc3[nH]2)c(C)n1-c1ccccc1. The van der Waals surface area contributed by atoms with E-state index in [0.29, 0.717) is 17.0 Å². The average Bonchev–Trinajstić information content (AvgIpc) is 3.38. The summed E-state index contributed by atoms with van der Waals surface area (Å²) in [5.74, 6) is 0.513. The van der Waals surface area contributed by atoms with E-state index in [1.54, 1.807) is 0 Å². The van der Waals surface area contributed by atoms with E-state index in [-0.39, 0.29) is 5.78 Å². The van der Waals surface area contributed by atoms with Gasteiger partial charge in [-0.15, -0.1) is 0 Å². The molecule has 0 atom stereocenters. The van der Waals surface area contributed by atoms with Crippen molar-refractivity contribution in [1.82, 2.24) is 14.5 Å². The number of rotatable bonds is 5. The number of Topliss-reactive ketones (excluding diaryl/α,β-unsaturated/α-hetero) is 1. The molecule has 0 fully saturated rings. The van der Waals surface area contributed by atoms with Gasteiger partial charge in [0.05, 0.1) is 16.6 Å². The highest BCUT2D eigenvalue weighted by molar-refractivity contribution is 6.32. The first-order valence-electron chi connectivity index (χ1n) is 10.6. The highest BCUT2D eigenvalue weighted by Gasteiger charge is 2.19. The van der Waals surface area contributed by atoms with Crippen LogP contribution in [0.2, 0.25) is 0 Å². The summed E-state index contributed by atoms with van der Waals surface area (Å²) >= 11 is 0. The lowest BCUT2D eigenvalue weighted by molar-refractivity contribution is 0.105. The molecule has 1 N–H and O–H groups in total. The molecule has 5 rings (SSSR count). The number of para-hydroxylation sites is 3. The van der Waals surface area contributed by atoms with Crippen molar-refractivity contribution in [2.75, 3.05) is 0 Å². The Kier molecular flexibility index (Phi) is 5.04. The minimum Gasteiger partial charge on any atom is -0.338 e. The molecule has 2 heterocycles. The third-order valence-corrected chi connectivity index (χ3v) is 5.71.